The van der Waals surface area contributed by atoms with Crippen molar-refractivity contribution >= 4 is 28.8 Å². The third-order valence-corrected chi connectivity index (χ3v) is 5.89. The van der Waals surface area contributed by atoms with Gasteiger partial charge < -0.3 is 10.2 Å². The van der Waals surface area contributed by atoms with E-state index in [1.54, 1.807) is 39.8 Å². The number of nitrogens with zero attached hydrogens (tertiary/aromatic N) is 5. The summed E-state index contributed by atoms with van der Waals surface area (Å²) in [5.74, 6) is -0.206. The van der Waals surface area contributed by atoms with Gasteiger partial charge in [-0.2, -0.15) is 0 Å². The van der Waals surface area contributed by atoms with Gasteiger partial charge in [0.05, 0.1) is 27.6 Å². The third kappa shape index (κ3) is 4.96. The minimum absolute atomic E-state index is 0.0955. The number of pyridine rings is 1. The fourth-order valence-corrected chi connectivity index (χ4v) is 4.20. The summed E-state index contributed by atoms with van der Waals surface area (Å²) in [7, 11) is 3.95. The summed E-state index contributed by atoms with van der Waals surface area (Å²) >= 11 is 7.12. The van der Waals surface area contributed by atoms with Gasteiger partial charge in [-0.15, -0.1) is 16.4 Å². The van der Waals surface area contributed by atoms with Crippen LogP contribution in [0.15, 0.2) is 65.7 Å². The Kier molecular flexibility index (Phi) is 6.50. The number of carbonyl (C=O) groups is 1. The second-order valence-electron chi connectivity index (χ2n) is 7.40. The van der Waals surface area contributed by atoms with E-state index in [1.807, 2.05) is 43.3 Å². The molecule has 4 aromatic rings. The van der Waals surface area contributed by atoms with Crippen LogP contribution >= 0.6 is 22.9 Å². The van der Waals surface area contributed by atoms with Gasteiger partial charge in [0.2, 0.25) is 0 Å². The maximum atomic E-state index is 12.2. The highest BCUT2D eigenvalue weighted by molar-refractivity contribution is 7.17. The summed E-state index contributed by atoms with van der Waals surface area (Å²) in [4.78, 5) is 27.0. The van der Waals surface area contributed by atoms with Crippen LogP contribution in [0.4, 0.5) is 0 Å². The van der Waals surface area contributed by atoms with Gasteiger partial charge >= 0.3 is 0 Å². The average Bonchev–Trinajstić information content (AvgIpc) is 3.41. The lowest BCUT2D eigenvalue weighted by Crippen LogP contribution is -2.21. The van der Waals surface area contributed by atoms with Crippen molar-refractivity contribution < 1.29 is 4.79 Å². The number of nitrogens with one attached hydrogen (secondary N) is 1. The first-order valence-corrected chi connectivity index (χ1v) is 11.0. The topological polar surface area (TPSA) is 85.0 Å². The predicted octanol–water partition coefficient (Wildman–Crippen LogP) is 3.12. The van der Waals surface area contributed by atoms with Crippen molar-refractivity contribution in [2.45, 2.75) is 13.1 Å². The Morgan fingerprint density at radius 1 is 1.19 bits per heavy atom. The maximum Gasteiger partial charge on any atom is 0.261 e. The number of rotatable bonds is 7. The van der Waals surface area contributed by atoms with Gasteiger partial charge in [0.15, 0.2) is 0 Å². The molecule has 164 valence electrons. The van der Waals surface area contributed by atoms with Crippen LogP contribution in [-0.4, -0.2) is 44.5 Å². The molecule has 0 aliphatic rings. The highest BCUT2D eigenvalue weighted by atomic mass is 35.5. The van der Waals surface area contributed by atoms with Crippen molar-refractivity contribution in [2.75, 3.05) is 14.1 Å². The number of carbonyl (C=O) groups excluding carboxylic acids is 1. The van der Waals surface area contributed by atoms with E-state index in [4.69, 9.17) is 11.6 Å². The van der Waals surface area contributed by atoms with Crippen LogP contribution in [0.5, 0.6) is 0 Å². The smallest absolute Gasteiger partial charge is 0.261 e. The molecule has 1 N–H and O–H groups in total. The van der Waals surface area contributed by atoms with E-state index in [-0.39, 0.29) is 18.0 Å². The van der Waals surface area contributed by atoms with Crippen molar-refractivity contribution in [1.29, 1.82) is 0 Å². The normalized spacial score (nSPS) is 11.1. The van der Waals surface area contributed by atoms with Crippen molar-refractivity contribution in [3.63, 3.8) is 0 Å². The van der Waals surface area contributed by atoms with Crippen LogP contribution < -0.4 is 10.9 Å². The number of hydrogen-bond donors (Lipinski definition) is 1. The molecule has 3 heterocycles. The van der Waals surface area contributed by atoms with Crippen molar-refractivity contribution in [3.05, 3.63) is 91.7 Å². The summed E-state index contributed by atoms with van der Waals surface area (Å²) in [6.07, 6.45) is 3.53. The minimum Gasteiger partial charge on any atom is -0.346 e. The number of aromatic nitrogens is 4. The van der Waals surface area contributed by atoms with Gasteiger partial charge in [-0.05, 0) is 56.1 Å². The van der Waals surface area contributed by atoms with Crippen molar-refractivity contribution in [2.24, 2.45) is 0 Å². The van der Waals surface area contributed by atoms with E-state index in [0.29, 0.717) is 21.5 Å². The largest absolute Gasteiger partial charge is 0.346 e. The predicted molar refractivity (Wildman–Crippen MR) is 125 cm³/mol. The first-order valence-electron chi connectivity index (χ1n) is 9.81. The van der Waals surface area contributed by atoms with Gasteiger partial charge in [0.1, 0.15) is 5.69 Å². The molecule has 0 bridgehead atoms. The van der Waals surface area contributed by atoms with Crippen LogP contribution in [0.3, 0.4) is 0 Å². The zero-order chi connectivity index (χ0) is 22.7. The number of halogens is 1. The van der Waals surface area contributed by atoms with Gasteiger partial charge in [-0.3, -0.25) is 14.2 Å². The number of benzene rings is 1. The molecule has 0 atom stereocenters. The van der Waals surface area contributed by atoms with E-state index in [2.05, 4.69) is 15.6 Å². The molecule has 4 rings (SSSR count). The van der Waals surface area contributed by atoms with E-state index < -0.39 is 0 Å². The van der Waals surface area contributed by atoms with Crippen LogP contribution in [0.2, 0.25) is 4.34 Å². The summed E-state index contributed by atoms with van der Waals surface area (Å²) in [5.41, 5.74) is 3.14. The second-order valence-corrected chi connectivity index (χ2v) is 9.12. The zero-order valence-electron chi connectivity index (χ0n) is 17.5. The van der Waals surface area contributed by atoms with Crippen LogP contribution in [-0.2, 0) is 13.1 Å². The summed E-state index contributed by atoms with van der Waals surface area (Å²) in [6, 6.07) is 14.2. The molecule has 0 fully saturated rings. The molecule has 0 aliphatic carbocycles. The number of hydrogen-bond acceptors (Lipinski definition) is 6. The molecule has 0 aliphatic heterocycles. The van der Waals surface area contributed by atoms with Crippen LogP contribution in [0.1, 0.15) is 20.9 Å². The fraction of sp³-hybridized carbons (Fsp3) is 0.182. The molecule has 32 heavy (non-hydrogen) atoms. The molecule has 8 nitrogen and oxygen atoms in total. The van der Waals surface area contributed by atoms with Crippen LogP contribution in [0, 0.1) is 0 Å². The number of amides is 1. The molecule has 0 saturated heterocycles. The Morgan fingerprint density at radius 3 is 2.75 bits per heavy atom. The Hall–Kier alpha value is -3.27. The lowest BCUT2D eigenvalue weighted by atomic mass is 10.1. The quantitative estimate of drug-likeness (QED) is 0.450. The van der Waals surface area contributed by atoms with E-state index >= 15 is 0 Å². The molecule has 0 spiro atoms. The fourth-order valence-electron chi connectivity index (χ4n) is 3.24. The molecular weight excluding hydrogens is 448 g/mol. The second kappa shape index (κ2) is 9.47. The van der Waals surface area contributed by atoms with E-state index in [9.17, 15) is 9.59 Å². The third-order valence-electron chi connectivity index (χ3n) is 4.67. The highest BCUT2D eigenvalue weighted by Gasteiger charge is 2.13. The first-order chi connectivity index (χ1) is 15.4. The lowest BCUT2D eigenvalue weighted by Gasteiger charge is -2.16. The molecule has 1 amide bonds. The van der Waals surface area contributed by atoms with Gasteiger partial charge in [-0.1, -0.05) is 22.9 Å². The molecule has 3 aromatic heterocycles. The standard InChI is InChI=1S/C22H21ClN6O2S/c1-27(2)13-15-11-17(28-10-4-3-5-21(28)30)6-7-18(15)29-14-16(25-26-29)12-24-22(31)19-8-9-20(23)32-19/h3-11,14H,12-13H2,1-2H3,(H,24,31). The maximum absolute atomic E-state index is 12.2. The summed E-state index contributed by atoms with van der Waals surface area (Å²) < 4.78 is 3.85. The summed E-state index contributed by atoms with van der Waals surface area (Å²) in [6.45, 7) is 0.894. The molecule has 0 radical (unpaired) electrons. The Labute approximate surface area is 193 Å². The molecule has 0 unspecified atom stereocenters. The molecular formula is C22H21ClN6O2S. The average molecular weight is 469 g/mol. The van der Waals surface area contributed by atoms with E-state index in [0.717, 1.165) is 16.9 Å². The minimum atomic E-state index is -0.206. The Balaban J connectivity index is 1.57. The Morgan fingerprint density at radius 2 is 2.03 bits per heavy atom. The van der Waals surface area contributed by atoms with Crippen molar-refractivity contribution in [3.8, 4) is 11.4 Å². The zero-order valence-corrected chi connectivity index (χ0v) is 19.1. The van der Waals surface area contributed by atoms with Crippen molar-refractivity contribution in [1.82, 2.24) is 29.8 Å². The highest BCUT2D eigenvalue weighted by Crippen LogP contribution is 2.22. The molecule has 1 aromatic carbocycles. The van der Waals surface area contributed by atoms with Gasteiger partial charge in [0.25, 0.3) is 11.5 Å². The molecule has 0 saturated carbocycles. The van der Waals surface area contributed by atoms with Gasteiger partial charge in [0, 0.05) is 24.5 Å². The number of thiophene rings is 1. The first kappa shape index (κ1) is 21.9. The SMILES string of the molecule is CN(C)Cc1cc(-n2ccccc2=O)ccc1-n1cc(CNC(=O)c2ccc(Cl)s2)nn1. The Bertz CT molecular complexity index is 1310. The lowest BCUT2D eigenvalue weighted by molar-refractivity contribution is 0.0954. The van der Waals surface area contributed by atoms with E-state index in [1.165, 1.54) is 17.4 Å². The van der Waals surface area contributed by atoms with Crippen LogP contribution in [0.25, 0.3) is 11.4 Å². The summed E-state index contributed by atoms with van der Waals surface area (Å²) in [5, 5.41) is 11.3. The molecule has 10 heteroatoms. The monoisotopic (exact) mass is 468 g/mol. The van der Waals surface area contributed by atoms with Gasteiger partial charge in [-0.25, -0.2) is 4.68 Å².